The van der Waals surface area contributed by atoms with Crippen LogP contribution >= 0.6 is 0 Å². The fourth-order valence-corrected chi connectivity index (χ4v) is 1.26. The van der Waals surface area contributed by atoms with Crippen LogP contribution in [0.1, 0.15) is 25.0 Å². The first kappa shape index (κ1) is 11.6. The quantitative estimate of drug-likeness (QED) is 0.830. The fraction of sp³-hybridized carbons (Fsp3) is 0.417. The van der Waals surface area contributed by atoms with Gasteiger partial charge in [-0.25, -0.2) is 4.79 Å². The lowest BCUT2D eigenvalue weighted by atomic mass is 10.1. The van der Waals surface area contributed by atoms with Crippen molar-refractivity contribution >= 4 is 5.97 Å². The van der Waals surface area contributed by atoms with Crippen molar-refractivity contribution in [2.24, 2.45) is 0 Å². The van der Waals surface area contributed by atoms with Gasteiger partial charge in [0.05, 0.1) is 0 Å². The van der Waals surface area contributed by atoms with Crippen molar-refractivity contribution < 1.29 is 14.6 Å². The van der Waals surface area contributed by atoms with Gasteiger partial charge in [-0.3, -0.25) is 0 Å². The maximum atomic E-state index is 10.9. The van der Waals surface area contributed by atoms with Gasteiger partial charge in [-0.15, -0.1) is 0 Å². The molecule has 82 valence electrons. The zero-order valence-electron chi connectivity index (χ0n) is 9.50. The van der Waals surface area contributed by atoms with Crippen molar-refractivity contribution in [1.29, 1.82) is 0 Å². The van der Waals surface area contributed by atoms with E-state index in [2.05, 4.69) is 0 Å². The number of hydrogen-bond donors (Lipinski definition) is 1. The molecule has 0 amide bonds. The number of benzene rings is 1. The van der Waals surface area contributed by atoms with E-state index in [1.165, 1.54) is 0 Å². The molecule has 0 heterocycles. The summed E-state index contributed by atoms with van der Waals surface area (Å²) in [6, 6.07) is 5.73. The van der Waals surface area contributed by atoms with E-state index >= 15 is 0 Å². The van der Waals surface area contributed by atoms with Gasteiger partial charge in [0, 0.05) is 0 Å². The summed E-state index contributed by atoms with van der Waals surface area (Å²) in [6.45, 7) is 6.89. The van der Waals surface area contributed by atoms with E-state index in [-0.39, 0.29) is 0 Å². The van der Waals surface area contributed by atoms with E-state index in [4.69, 9.17) is 9.84 Å². The summed E-state index contributed by atoms with van der Waals surface area (Å²) >= 11 is 0. The lowest BCUT2D eigenvalue weighted by Crippen LogP contribution is -2.38. The second-order valence-electron chi connectivity index (χ2n) is 4.14. The first-order valence-corrected chi connectivity index (χ1v) is 4.83. The summed E-state index contributed by atoms with van der Waals surface area (Å²) in [5, 5.41) is 8.96. The Morgan fingerprint density at radius 2 is 1.73 bits per heavy atom. The van der Waals surface area contributed by atoms with Gasteiger partial charge < -0.3 is 9.84 Å². The summed E-state index contributed by atoms with van der Waals surface area (Å²) in [4.78, 5) is 10.9. The first-order valence-electron chi connectivity index (χ1n) is 4.83. The fourth-order valence-electron chi connectivity index (χ4n) is 1.26. The standard InChI is InChI=1S/C12H16O3/c1-8-6-5-7-9(2)10(8)15-12(3,4)11(13)14/h5-7H,1-4H3,(H,13,14). The summed E-state index contributed by atoms with van der Waals surface area (Å²) in [5.74, 6) is -0.310. The second kappa shape index (κ2) is 3.93. The minimum absolute atomic E-state index is 0.657. The minimum atomic E-state index is -1.20. The third-order valence-corrected chi connectivity index (χ3v) is 2.28. The molecule has 0 aliphatic rings. The van der Waals surface area contributed by atoms with Crippen molar-refractivity contribution in [3.63, 3.8) is 0 Å². The van der Waals surface area contributed by atoms with Crippen LogP contribution in [0.5, 0.6) is 5.75 Å². The maximum Gasteiger partial charge on any atom is 0.347 e. The molecule has 1 aromatic rings. The number of carboxylic acid groups (broad SMARTS) is 1. The van der Waals surface area contributed by atoms with Gasteiger partial charge in [0.15, 0.2) is 5.60 Å². The minimum Gasteiger partial charge on any atom is -0.478 e. The van der Waals surface area contributed by atoms with Gasteiger partial charge in [-0.1, -0.05) is 18.2 Å². The van der Waals surface area contributed by atoms with E-state index in [9.17, 15) is 4.79 Å². The molecule has 0 atom stereocenters. The van der Waals surface area contributed by atoms with Crippen LogP contribution in [0.2, 0.25) is 0 Å². The highest BCUT2D eigenvalue weighted by Gasteiger charge is 2.30. The van der Waals surface area contributed by atoms with Crippen LogP contribution in [0.4, 0.5) is 0 Å². The molecular formula is C12H16O3. The average molecular weight is 208 g/mol. The zero-order valence-corrected chi connectivity index (χ0v) is 9.50. The van der Waals surface area contributed by atoms with Crippen molar-refractivity contribution in [3.8, 4) is 5.75 Å². The molecule has 1 N–H and O–H groups in total. The molecule has 0 aliphatic heterocycles. The van der Waals surface area contributed by atoms with Crippen LogP contribution in [0.3, 0.4) is 0 Å². The highest BCUT2D eigenvalue weighted by molar-refractivity contribution is 5.77. The maximum absolute atomic E-state index is 10.9. The van der Waals surface area contributed by atoms with Gasteiger partial charge in [0.1, 0.15) is 5.75 Å². The molecular weight excluding hydrogens is 192 g/mol. The molecule has 0 saturated heterocycles. The summed E-state index contributed by atoms with van der Waals surface area (Å²) in [7, 11) is 0. The van der Waals surface area contributed by atoms with Gasteiger partial charge in [0.2, 0.25) is 0 Å². The van der Waals surface area contributed by atoms with Gasteiger partial charge in [0.25, 0.3) is 0 Å². The highest BCUT2D eigenvalue weighted by atomic mass is 16.5. The van der Waals surface area contributed by atoms with E-state index in [0.717, 1.165) is 11.1 Å². The number of carboxylic acids is 1. The molecule has 0 unspecified atom stereocenters. The Bertz CT molecular complexity index is 360. The number of para-hydroxylation sites is 1. The lowest BCUT2D eigenvalue weighted by molar-refractivity contribution is -0.152. The smallest absolute Gasteiger partial charge is 0.347 e. The lowest BCUT2D eigenvalue weighted by Gasteiger charge is -2.23. The molecule has 0 spiro atoms. The number of rotatable bonds is 3. The number of ether oxygens (including phenoxy) is 1. The Morgan fingerprint density at radius 1 is 1.27 bits per heavy atom. The molecule has 3 nitrogen and oxygen atoms in total. The highest BCUT2D eigenvalue weighted by Crippen LogP contribution is 2.26. The topological polar surface area (TPSA) is 46.5 Å². The molecule has 1 aromatic carbocycles. The monoisotopic (exact) mass is 208 g/mol. The van der Waals surface area contributed by atoms with Crippen molar-refractivity contribution in [2.45, 2.75) is 33.3 Å². The van der Waals surface area contributed by atoms with Crippen LogP contribution < -0.4 is 4.74 Å². The molecule has 1 rings (SSSR count). The molecule has 0 bridgehead atoms. The number of carbonyl (C=O) groups is 1. The van der Waals surface area contributed by atoms with E-state index in [1.807, 2.05) is 32.0 Å². The van der Waals surface area contributed by atoms with E-state index in [1.54, 1.807) is 13.8 Å². The molecule has 0 fully saturated rings. The summed E-state index contributed by atoms with van der Waals surface area (Å²) in [6.07, 6.45) is 0. The molecule has 15 heavy (non-hydrogen) atoms. The van der Waals surface area contributed by atoms with Crippen molar-refractivity contribution in [3.05, 3.63) is 29.3 Å². The normalized spacial score (nSPS) is 11.2. The van der Waals surface area contributed by atoms with Crippen molar-refractivity contribution in [1.82, 2.24) is 0 Å². The Hall–Kier alpha value is -1.51. The third-order valence-electron chi connectivity index (χ3n) is 2.28. The van der Waals surface area contributed by atoms with Crippen LogP contribution in [0, 0.1) is 13.8 Å². The number of hydrogen-bond acceptors (Lipinski definition) is 2. The Balaban J connectivity index is 3.04. The zero-order chi connectivity index (χ0) is 11.6. The largest absolute Gasteiger partial charge is 0.478 e. The SMILES string of the molecule is Cc1cccc(C)c1OC(C)(C)C(=O)O. The summed E-state index contributed by atoms with van der Waals surface area (Å²) in [5.41, 5.74) is 0.699. The Labute approximate surface area is 89.7 Å². The second-order valence-corrected chi connectivity index (χ2v) is 4.14. The van der Waals surface area contributed by atoms with Crippen LogP contribution in [-0.4, -0.2) is 16.7 Å². The predicted molar refractivity (Wildman–Crippen MR) is 58.3 cm³/mol. The Morgan fingerprint density at radius 3 is 2.13 bits per heavy atom. The first-order chi connectivity index (χ1) is 6.84. The molecule has 0 saturated carbocycles. The van der Waals surface area contributed by atoms with Gasteiger partial charge in [-0.05, 0) is 38.8 Å². The molecule has 0 radical (unpaired) electrons. The van der Waals surface area contributed by atoms with E-state index < -0.39 is 11.6 Å². The van der Waals surface area contributed by atoms with Crippen LogP contribution in [-0.2, 0) is 4.79 Å². The van der Waals surface area contributed by atoms with Gasteiger partial charge in [-0.2, -0.15) is 0 Å². The molecule has 0 aliphatic carbocycles. The number of aliphatic carboxylic acids is 1. The van der Waals surface area contributed by atoms with Crippen LogP contribution in [0.15, 0.2) is 18.2 Å². The van der Waals surface area contributed by atoms with Gasteiger partial charge >= 0.3 is 5.97 Å². The Kier molecular flexibility index (Phi) is 3.03. The summed E-state index contributed by atoms with van der Waals surface area (Å²) < 4.78 is 5.53. The molecule has 0 aromatic heterocycles. The number of aryl methyl sites for hydroxylation is 2. The average Bonchev–Trinajstić information content (AvgIpc) is 2.11. The van der Waals surface area contributed by atoms with Crippen LogP contribution in [0.25, 0.3) is 0 Å². The van der Waals surface area contributed by atoms with E-state index in [0.29, 0.717) is 5.75 Å². The predicted octanol–water partition coefficient (Wildman–Crippen LogP) is 2.55. The third kappa shape index (κ3) is 2.49. The molecule has 3 heteroatoms. The van der Waals surface area contributed by atoms with Crippen molar-refractivity contribution in [2.75, 3.05) is 0 Å².